The van der Waals surface area contributed by atoms with Crippen molar-refractivity contribution in [3.63, 3.8) is 0 Å². The fourth-order valence-corrected chi connectivity index (χ4v) is 4.52. The molecule has 0 saturated heterocycles. The molecule has 4 nitrogen and oxygen atoms in total. The van der Waals surface area contributed by atoms with Gasteiger partial charge in [0, 0.05) is 30.9 Å². The maximum atomic E-state index is 6.06. The minimum Gasteiger partial charge on any atom is -0.490 e. The van der Waals surface area contributed by atoms with Crippen molar-refractivity contribution in [2.75, 3.05) is 6.54 Å². The summed E-state index contributed by atoms with van der Waals surface area (Å²) in [5.74, 6) is 2.06. The first-order chi connectivity index (χ1) is 13.3. The first-order valence-corrected chi connectivity index (χ1v) is 10.7. The van der Waals surface area contributed by atoms with Gasteiger partial charge >= 0.3 is 0 Å². The average Bonchev–Trinajstić information content (AvgIpc) is 3.44. The van der Waals surface area contributed by atoms with Gasteiger partial charge in [0.25, 0.3) is 0 Å². The fraction of sp³-hybridized carbons (Fsp3) is 0.409. The molecule has 0 amide bonds. The monoisotopic (exact) mass is 381 g/mol. The third-order valence-corrected chi connectivity index (χ3v) is 6.17. The first-order valence-electron chi connectivity index (χ1n) is 9.79. The van der Waals surface area contributed by atoms with E-state index in [9.17, 15) is 0 Å². The summed E-state index contributed by atoms with van der Waals surface area (Å²) in [5.41, 5.74) is 1.33. The Kier molecular flexibility index (Phi) is 5.90. The zero-order valence-corrected chi connectivity index (χ0v) is 16.6. The molecule has 142 valence electrons. The summed E-state index contributed by atoms with van der Waals surface area (Å²) in [6, 6.07) is 13.0. The molecule has 1 atom stereocenters. The molecule has 1 N–H and O–H groups in total. The quantitative estimate of drug-likeness (QED) is 0.613. The standard InChI is InChI=1S/C22H27N3OS/c1-25-15-14-24-22(25)21(20-7-4-16-27-20)23-13-12-17-8-10-19(11-9-17)26-18-5-2-3-6-18/h4,7-11,14-16,18,21,23H,2-3,5-6,12-13H2,1H3. The molecule has 4 rings (SSSR count). The van der Waals surface area contributed by atoms with E-state index < -0.39 is 0 Å². The Morgan fingerprint density at radius 1 is 1.22 bits per heavy atom. The molecule has 1 aromatic carbocycles. The molecule has 1 unspecified atom stereocenters. The van der Waals surface area contributed by atoms with E-state index in [1.165, 1.54) is 36.1 Å². The van der Waals surface area contributed by atoms with Crippen molar-refractivity contribution < 1.29 is 4.74 Å². The maximum Gasteiger partial charge on any atom is 0.131 e. The minimum absolute atomic E-state index is 0.134. The van der Waals surface area contributed by atoms with Gasteiger partial charge in [-0.15, -0.1) is 11.3 Å². The highest BCUT2D eigenvalue weighted by molar-refractivity contribution is 7.10. The summed E-state index contributed by atoms with van der Waals surface area (Å²) >= 11 is 1.77. The number of ether oxygens (including phenoxy) is 1. The third kappa shape index (κ3) is 4.60. The molecule has 1 aliphatic carbocycles. The lowest BCUT2D eigenvalue weighted by Gasteiger charge is -2.17. The SMILES string of the molecule is Cn1ccnc1C(NCCc1ccc(OC2CCCC2)cc1)c1cccs1. The summed E-state index contributed by atoms with van der Waals surface area (Å²) in [6.45, 7) is 0.901. The molecule has 2 aromatic heterocycles. The lowest BCUT2D eigenvalue weighted by Crippen LogP contribution is -2.26. The van der Waals surface area contributed by atoms with Crippen molar-refractivity contribution in [1.82, 2.24) is 14.9 Å². The van der Waals surface area contributed by atoms with Crippen LogP contribution in [0.15, 0.2) is 54.2 Å². The van der Waals surface area contributed by atoms with Crippen molar-refractivity contribution in [3.8, 4) is 5.75 Å². The van der Waals surface area contributed by atoms with Crippen LogP contribution in [0.3, 0.4) is 0 Å². The highest BCUT2D eigenvalue weighted by Crippen LogP contribution is 2.26. The molecular weight excluding hydrogens is 354 g/mol. The maximum absolute atomic E-state index is 6.06. The van der Waals surface area contributed by atoms with E-state index in [2.05, 4.69) is 56.6 Å². The van der Waals surface area contributed by atoms with E-state index in [1.807, 2.05) is 19.4 Å². The second kappa shape index (κ2) is 8.72. The van der Waals surface area contributed by atoms with E-state index in [-0.39, 0.29) is 6.04 Å². The molecule has 3 aromatic rings. The largest absolute Gasteiger partial charge is 0.490 e. The lowest BCUT2D eigenvalue weighted by molar-refractivity contribution is 0.210. The summed E-state index contributed by atoms with van der Waals surface area (Å²) in [6.07, 6.45) is 10.3. The molecular formula is C22H27N3OS. The number of rotatable bonds is 8. The summed E-state index contributed by atoms with van der Waals surface area (Å²) in [5, 5.41) is 5.80. The molecule has 0 aliphatic heterocycles. The number of hydrogen-bond donors (Lipinski definition) is 1. The Hall–Kier alpha value is -2.11. The van der Waals surface area contributed by atoms with Crippen LogP contribution in [0.1, 0.15) is 48.0 Å². The zero-order valence-electron chi connectivity index (χ0n) is 15.8. The van der Waals surface area contributed by atoms with Crippen LogP contribution in [0.2, 0.25) is 0 Å². The second-order valence-corrected chi connectivity index (χ2v) is 8.20. The highest BCUT2D eigenvalue weighted by atomic mass is 32.1. The normalized spacial score (nSPS) is 15.9. The number of nitrogens with zero attached hydrogens (tertiary/aromatic N) is 2. The van der Waals surface area contributed by atoms with Crippen LogP contribution in [-0.2, 0) is 13.5 Å². The Labute approximate surface area is 165 Å². The van der Waals surface area contributed by atoms with Crippen LogP contribution in [0, 0.1) is 0 Å². The van der Waals surface area contributed by atoms with Crippen LogP contribution in [-0.4, -0.2) is 22.2 Å². The van der Waals surface area contributed by atoms with Crippen LogP contribution in [0.25, 0.3) is 0 Å². The fourth-order valence-electron chi connectivity index (χ4n) is 3.72. The Morgan fingerprint density at radius 2 is 2.04 bits per heavy atom. The highest BCUT2D eigenvalue weighted by Gasteiger charge is 2.19. The van der Waals surface area contributed by atoms with E-state index in [1.54, 1.807) is 11.3 Å². The van der Waals surface area contributed by atoms with Crippen molar-refractivity contribution in [2.45, 2.75) is 44.2 Å². The second-order valence-electron chi connectivity index (χ2n) is 7.22. The van der Waals surface area contributed by atoms with E-state index in [4.69, 9.17) is 4.74 Å². The van der Waals surface area contributed by atoms with Crippen molar-refractivity contribution in [3.05, 3.63) is 70.4 Å². The molecule has 1 saturated carbocycles. The molecule has 0 bridgehead atoms. The molecule has 0 radical (unpaired) electrons. The Morgan fingerprint density at radius 3 is 2.70 bits per heavy atom. The van der Waals surface area contributed by atoms with Gasteiger partial charge in [0.1, 0.15) is 17.6 Å². The number of imidazole rings is 1. The molecule has 1 aliphatic rings. The smallest absolute Gasteiger partial charge is 0.131 e. The predicted octanol–water partition coefficient (Wildman–Crippen LogP) is 4.72. The molecule has 1 fully saturated rings. The number of nitrogens with one attached hydrogen (secondary N) is 1. The number of thiophene rings is 1. The molecule has 5 heteroatoms. The Bertz CT molecular complexity index is 820. The van der Waals surface area contributed by atoms with Gasteiger partial charge in [0.15, 0.2) is 0 Å². The van der Waals surface area contributed by atoms with Crippen LogP contribution in [0.5, 0.6) is 5.75 Å². The van der Waals surface area contributed by atoms with Crippen molar-refractivity contribution in [2.24, 2.45) is 7.05 Å². The topological polar surface area (TPSA) is 39.1 Å². The van der Waals surface area contributed by atoms with Gasteiger partial charge in [-0.1, -0.05) is 18.2 Å². The van der Waals surface area contributed by atoms with Gasteiger partial charge < -0.3 is 14.6 Å². The number of benzene rings is 1. The van der Waals surface area contributed by atoms with E-state index in [0.29, 0.717) is 6.10 Å². The lowest BCUT2D eigenvalue weighted by atomic mass is 10.1. The number of hydrogen-bond acceptors (Lipinski definition) is 4. The summed E-state index contributed by atoms with van der Waals surface area (Å²) in [7, 11) is 2.05. The van der Waals surface area contributed by atoms with Gasteiger partial charge in [-0.3, -0.25) is 0 Å². The molecule has 2 heterocycles. The average molecular weight is 382 g/mol. The number of aromatic nitrogens is 2. The first kappa shape index (κ1) is 18.3. The predicted molar refractivity (Wildman–Crippen MR) is 110 cm³/mol. The van der Waals surface area contributed by atoms with Crippen molar-refractivity contribution in [1.29, 1.82) is 0 Å². The molecule has 27 heavy (non-hydrogen) atoms. The van der Waals surface area contributed by atoms with E-state index in [0.717, 1.165) is 24.5 Å². The van der Waals surface area contributed by atoms with Gasteiger partial charge in [0.05, 0.1) is 6.10 Å². The Balaban J connectivity index is 1.34. The van der Waals surface area contributed by atoms with E-state index >= 15 is 0 Å². The van der Waals surface area contributed by atoms with Gasteiger partial charge in [0.2, 0.25) is 0 Å². The van der Waals surface area contributed by atoms with Gasteiger partial charge in [-0.2, -0.15) is 0 Å². The van der Waals surface area contributed by atoms with Crippen LogP contribution >= 0.6 is 11.3 Å². The zero-order chi connectivity index (χ0) is 18.5. The third-order valence-electron chi connectivity index (χ3n) is 5.23. The molecule has 0 spiro atoms. The number of aryl methyl sites for hydroxylation is 1. The summed E-state index contributed by atoms with van der Waals surface area (Å²) < 4.78 is 8.15. The van der Waals surface area contributed by atoms with Gasteiger partial charge in [-0.25, -0.2) is 4.98 Å². The van der Waals surface area contributed by atoms with Gasteiger partial charge in [-0.05, 0) is 61.2 Å². The van der Waals surface area contributed by atoms with Crippen LogP contribution in [0.4, 0.5) is 0 Å². The van der Waals surface area contributed by atoms with Crippen molar-refractivity contribution >= 4 is 11.3 Å². The summed E-state index contributed by atoms with van der Waals surface area (Å²) in [4.78, 5) is 5.84. The minimum atomic E-state index is 0.134. The van der Waals surface area contributed by atoms with Crippen LogP contribution < -0.4 is 10.1 Å².